The molecule has 1 aliphatic carbocycles. The van der Waals surface area contributed by atoms with E-state index in [1.165, 1.54) is 40.7 Å². The Balaban J connectivity index is 1.95. The van der Waals surface area contributed by atoms with E-state index in [9.17, 15) is 0 Å². The summed E-state index contributed by atoms with van der Waals surface area (Å²) >= 11 is 0. The lowest BCUT2D eigenvalue weighted by atomic mass is 9.81. The molecule has 3 nitrogen and oxygen atoms in total. The van der Waals surface area contributed by atoms with Crippen LogP contribution in [0.25, 0.3) is 11.1 Å². The second-order valence-corrected chi connectivity index (χ2v) is 7.00. The number of likely N-dealkylation sites (N-methyl/N-ethyl adjacent to an activating group) is 1. The third-order valence-electron chi connectivity index (χ3n) is 5.87. The molecule has 0 aromatic heterocycles. The Labute approximate surface area is 150 Å². The van der Waals surface area contributed by atoms with Crippen LogP contribution >= 0.6 is 0 Å². The van der Waals surface area contributed by atoms with E-state index in [0.29, 0.717) is 12.1 Å². The molecule has 0 spiro atoms. The predicted molar refractivity (Wildman–Crippen MR) is 101 cm³/mol. The van der Waals surface area contributed by atoms with Gasteiger partial charge in [-0.15, -0.1) is 0 Å². The molecule has 0 unspecified atom stereocenters. The lowest BCUT2D eigenvalue weighted by Gasteiger charge is -2.33. The van der Waals surface area contributed by atoms with Gasteiger partial charge in [0, 0.05) is 17.6 Å². The van der Waals surface area contributed by atoms with Crippen LogP contribution in [-0.2, 0) is 6.42 Å². The van der Waals surface area contributed by atoms with E-state index in [1.807, 2.05) is 6.07 Å². The molecular weight excluding hydrogens is 310 g/mol. The molecule has 25 heavy (non-hydrogen) atoms. The Bertz CT molecular complexity index is 799. The van der Waals surface area contributed by atoms with E-state index >= 15 is 0 Å². The molecule has 2 aromatic carbocycles. The molecule has 1 aliphatic heterocycles. The monoisotopic (exact) mass is 337 g/mol. The average Bonchev–Trinajstić information content (AvgIpc) is 2.95. The second-order valence-electron chi connectivity index (χ2n) is 7.00. The SMILES string of the molecule is CCC[C@H]1c2cccc3c2[C@@H](Cc2ccc(OC)c(OC)c2-3)N1CC. The van der Waals surface area contributed by atoms with Crippen LogP contribution in [0.1, 0.15) is 55.5 Å². The minimum atomic E-state index is 0.485. The number of hydrogen-bond donors (Lipinski definition) is 0. The highest BCUT2D eigenvalue weighted by molar-refractivity contribution is 5.83. The topological polar surface area (TPSA) is 21.7 Å². The molecule has 0 radical (unpaired) electrons. The molecule has 0 fully saturated rings. The lowest BCUT2D eigenvalue weighted by Crippen LogP contribution is -2.28. The fraction of sp³-hybridized carbons (Fsp3) is 0.455. The van der Waals surface area contributed by atoms with Crippen molar-refractivity contribution in [3.63, 3.8) is 0 Å². The third kappa shape index (κ3) is 2.29. The van der Waals surface area contributed by atoms with Gasteiger partial charge in [0.05, 0.1) is 14.2 Å². The summed E-state index contributed by atoms with van der Waals surface area (Å²) < 4.78 is 11.3. The maximum atomic E-state index is 5.78. The van der Waals surface area contributed by atoms with Crippen LogP contribution in [0.3, 0.4) is 0 Å². The molecule has 0 bridgehead atoms. The van der Waals surface area contributed by atoms with Crippen LogP contribution in [0, 0.1) is 0 Å². The van der Waals surface area contributed by atoms with Gasteiger partial charge in [-0.05, 0) is 47.7 Å². The fourth-order valence-corrected chi connectivity index (χ4v) is 4.92. The highest BCUT2D eigenvalue weighted by atomic mass is 16.5. The van der Waals surface area contributed by atoms with Gasteiger partial charge in [0.25, 0.3) is 0 Å². The minimum absolute atomic E-state index is 0.485. The summed E-state index contributed by atoms with van der Waals surface area (Å²) in [5, 5.41) is 0. The predicted octanol–water partition coefficient (Wildman–Crippen LogP) is 5.14. The molecule has 3 heteroatoms. The second kappa shape index (κ2) is 6.38. The maximum absolute atomic E-state index is 5.78. The molecular formula is C22H27NO2. The minimum Gasteiger partial charge on any atom is -0.493 e. The first-order valence-electron chi connectivity index (χ1n) is 9.37. The van der Waals surface area contributed by atoms with Gasteiger partial charge in [-0.25, -0.2) is 0 Å². The Morgan fingerprint density at radius 2 is 1.92 bits per heavy atom. The highest BCUT2D eigenvalue weighted by Gasteiger charge is 2.42. The highest BCUT2D eigenvalue weighted by Crippen LogP contribution is 2.55. The van der Waals surface area contributed by atoms with Gasteiger partial charge in [0.1, 0.15) is 0 Å². The molecule has 4 rings (SSSR count). The Morgan fingerprint density at radius 1 is 1.08 bits per heavy atom. The zero-order valence-corrected chi connectivity index (χ0v) is 15.6. The van der Waals surface area contributed by atoms with Crippen molar-refractivity contribution in [3.05, 3.63) is 47.0 Å². The summed E-state index contributed by atoms with van der Waals surface area (Å²) in [4.78, 5) is 2.69. The number of fused-ring (bicyclic) bond motifs is 2. The molecule has 2 aliphatic rings. The van der Waals surface area contributed by atoms with Crippen LogP contribution in [0.2, 0.25) is 0 Å². The summed E-state index contributed by atoms with van der Waals surface area (Å²) in [5.74, 6) is 1.68. The number of ether oxygens (including phenoxy) is 2. The maximum Gasteiger partial charge on any atom is 0.168 e. The van der Waals surface area contributed by atoms with Crippen molar-refractivity contribution in [1.82, 2.24) is 4.90 Å². The van der Waals surface area contributed by atoms with Crippen LogP contribution < -0.4 is 9.47 Å². The van der Waals surface area contributed by atoms with Gasteiger partial charge in [-0.2, -0.15) is 0 Å². The van der Waals surface area contributed by atoms with E-state index in [1.54, 1.807) is 14.2 Å². The fourth-order valence-electron chi connectivity index (χ4n) is 4.92. The molecule has 2 aromatic rings. The van der Waals surface area contributed by atoms with Crippen molar-refractivity contribution in [3.8, 4) is 22.6 Å². The summed E-state index contributed by atoms with van der Waals surface area (Å²) in [6.07, 6.45) is 3.48. The molecule has 0 N–H and O–H groups in total. The van der Waals surface area contributed by atoms with Crippen molar-refractivity contribution in [2.24, 2.45) is 0 Å². The number of hydrogen-bond acceptors (Lipinski definition) is 3. The quantitative estimate of drug-likeness (QED) is 0.753. The van der Waals surface area contributed by atoms with E-state index in [0.717, 1.165) is 24.5 Å². The molecule has 132 valence electrons. The number of methoxy groups -OCH3 is 2. The van der Waals surface area contributed by atoms with Gasteiger partial charge >= 0.3 is 0 Å². The first-order chi connectivity index (χ1) is 12.2. The normalized spacial score (nSPS) is 21.0. The van der Waals surface area contributed by atoms with E-state index < -0.39 is 0 Å². The van der Waals surface area contributed by atoms with Crippen LogP contribution in [0.5, 0.6) is 11.5 Å². The lowest BCUT2D eigenvalue weighted by molar-refractivity contribution is 0.160. The number of nitrogens with zero attached hydrogens (tertiary/aromatic N) is 1. The van der Waals surface area contributed by atoms with Crippen LogP contribution in [0.4, 0.5) is 0 Å². The average molecular weight is 337 g/mol. The van der Waals surface area contributed by atoms with Crippen molar-refractivity contribution in [1.29, 1.82) is 0 Å². The van der Waals surface area contributed by atoms with Crippen molar-refractivity contribution in [2.45, 2.75) is 45.2 Å². The summed E-state index contributed by atoms with van der Waals surface area (Å²) in [7, 11) is 3.45. The Morgan fingerprint density at radius 3 is 2.60 bits per heavy atom. The number of benzene rings is 2. The van der Waals surface area contributed by atoms with Gasteiger partial charge < -0.3 is 9.47 Å². The zero-order valence-electron chi connectivity index (χ0n) is 15.6. The van der Waals surface area contributed by atoms with Crippen molar-refractivity contribution >= 4 is 0 Å². The molecule has 0 amide bonds. The summed E-state index contributed by atoms with van der Waals surface area (Å²) in [6.45, 7) is 5.66. The van der Waals surface area contributed by atoms with E-state index in [4.69, 9.17) is 9.47 Å². The van der Waals surface area contributed by atoms with Crippen molar-refractivity contribution in [2.75, 3.05) is 20.8 Å². The van der Waals surface area contributed by atoms with Crippen LogP contribution in [0.15, 0.2) is 30.3 Å². The summed E-state index contributed by atoms with van der Waals surface area (Å²) in [5.41, 5.74) is 6.95. The number of rotatable bonds is 5. The molecule has 0 saturated heterocycles. The summed E-state index contributed by atoms with van der Waals surface area (Å²) in [6, 6.07) is 12.1. The van der Waals surface area contributed by atoms with E-state index in [2.05, 4.69) is 43.0 Å². The van der Waals surface area contributed by atoms with Crippen molar-refractivity contribution < 1.29 is 9.47 Å². The largest absolute Gasteiger partial charge is 0.493 e. The smallest absolute Gasteiger partial charge is 0.168 e. The van der Waals surface area contributed by atoms with Gasteiger partial charge in [-0.1, -0.05) is 44.5 Å². The van der Waals surface area contributed by atoms with Gasteiger partial charge in [0.2, 0.25) is 0 Å². The molecule has 0 saturated carbocycles. The molecule has 2 atom stereocenters. The van der Waals surface area contributed by atoms with Gasteiger partial charge in [0.15, 0.2) is 11.5 Å². The third-order valence-corrected chi connectivity index (χ3v) is 5.87. The first-order valence-corrected chi connectivity index (χ1v) is 9.37. The zero-order chi connectivity index (χ0) is 17.6. The van der Waals surface area contributed by atoms with Gasteiger partial charge in [-0.3, -0.25) is 4.90 Å². The Kier molecular flexibility index (Phi) is 4.20. The Hall–Kier alpha value is -2.00. The standard InChI is InChI=1S/C22H27NO2/c1-5-8-17-15-9-7-10-16-20-14(11-12-19(24-3)22(20)25-4)13-18(21(15)16)23(17)6-2/h7,9-12,17-18H,5-6,8,13H2,1-4H3/t17-,18+/m0/s1. The van der Waals surface area contributed by atoms with E-state index in [-0.39, 0.29) is 0 Å². The molecule has 1 heterocycles. The first kappa shape index (κ1) is 16.5. The van der Waals surface area contributed by atoms with Crippen LogP contribution in [-0.4, -0.2) is 25.7 Å².